The number of halogens is 1. The quantitative estimate of drug-likeness (QED) is 0.487. The van der Waals surface area contributed by atoms with Crippen molar-refractivity contribution in [3.8, 4) is 0 Å². The summed E-state index contributed by atoms with van der Waals surface area (Å²) < 4.78 is 12.4. The Morgan fingerprint density at radius 3 is 1.72 bits per heavy atom. The molecule has 1 aromatic carbocycles. The van der Waals surface area contributed by atoms with Crippen molar-refractivity contribution in [2.75, 3.05) is 0 Å². The van der Waals surface area contributed by atoms with Crippen LogP contribution in [-0.4, -0.2) is 30.7 Å². The second-order valence-corrected chi connectivity index (χ2v) is 24.3. The number of carbonyl (C=O) groups excluding carboxylic acids is 1. The van der Waals surface area contributed by atoms with Gasteiger partial charge in [0, 0.05) is 5.02 Å². The second-order valence-electron chi connectivity index (χ2n) is 9.58. The predicted molar refractivity (Wildman–Crippen MR) is 115 cm³/mol. The van der Waals surface area contributed by atoms with E-state index < -0.39 is 24.7 Å². The Morgan fingerprint density at radius 1 is 0.880 bits per heavy atom. The summed E-state index contributed by atoms with van der Waals surface area (Å²) in [6, 6.07) is 7.68. The van der Waals surface area contributed by atoms with Gasteiger partial charge in [-0.2, -0.15) is 0 Å². The minimum Gasteiger partial charge on any atom is -0.520 e. The van der Waals surface area contributed by atoms with E-state index in [0.717, 1.165) is 5.56 Å². The molecule has 0 fully saturated rings. The number of hydrogen-bond donors (Lipinski definition) is 0. The van der Waals surface area contributed by atoms with Crippen molar-refractivity contribution in [2.24, 2.45) is 0 Å². The molecule has 0 aliphatic heterocycles. The van der Waals surface area contributed by atoms with Gasteiger partial charge in [-0.15, -0.1) is 0 Å². The van der Waals surface area contributed by atoms with Crippen molar-refractivity contribution in [1.82, 2.24) is 0 Å². The van der Waals surface area contributed by atoms with E-state index in [1.165, 1.54) is 0 Å². The van der Waals surface area contributed by atoms with E-state index in [2.05, 4.69) is 39.3 Å². The standard InChI is InChI=1S/C18H33ClO3Si3/c1-23(2,3)17(18(20)22-25(7,8)9)16(21-24(4,5)6)14-10-12-15(19)13-11-14/h10-13,16-17H,1-9H3/t16-,17-/m1/s1. The van der Waals surface area contributed by atoms with Crippen molar-refractivity contribution in [3.05, 3.63) is 34.9 Å². The Kier molecular flexibility index (Phi) is 7.32. The van der Waals surface area contributed by atoms with Crippen molar-refractivity contribution in [3.63, 3.8) is 0 Å². The lowest BCUT2D eigenvalue weighted by atomic mass is 10.1. The van der Waals surface area contributed by atoms with Gasteiger partial charge >= 0.3 is 0 Å². The van der Waals surface area contributed by atoms with Crippen LogP contribution >= 0.6 is 11.6 Å². The van der Waals surface area contributed by atoms with Crippen molar-refractivity contribution in [2.45, 2.75) is 70.6 Å². The van der Waals surface area contributed by atoms with Crippen molar-refractivity contribution in [1.29, 1.82) is 0 Å². The van der Waals surface area contributed by atoms with E-state index in [1.807, 2.05) is 43.9 Å². The maximum Gasteiger partial charge on any atom is 0.295 e. The molecule has 1 aromatic rings. The number of carbonyl (C=O) groups is 1. The Balaban J connectivity index is 3.37. The zero-order valence-corrected chi connectivity index (χ0v) is 20.8. The van der Waals surface area contributed by atoms with Crippen LogP contribution in [0.15, 0.2) is 24.3 Å². The lowest BCUT2D eigenvalue weighted by Gasteiger charge is -2.39. The Morgan fingerprint density at radius 2 is 1.36 bits per heavy atom. The molecule has 0 aliphatic rings. The molecule has 7 heteroatoms. The first-order chi connectivity index (χ1) is 11.1. The van der Waals surface area contributed by atoms with Crippen molar-refractivity contribution < 1.29 is 13.6 Å². The third-order valence-electron chi connectivity index (χ3n) is 3.58. The number of rotatable bonds is 7. The normalized spacial score (nSPS) is 15.6. The molecule has 0 spiro atoms. The molecular weight excluding hydrogens is 384 g/mol. The van der Waals surface area contributed by atoms with Crippen molar-refractivity contribution >= 4 is 42.3 Å². The lowest BCUT2D eigenvalue weighted by molar-refractivity contribution is -0.137. The van der Waals surface area contributed by atoms with E-state index in [-0.39, 0.29) is 17.6 Å². The van der Waals surface area contributed by atoms with Crippen LogP contribution in [0.5, 0.6) is 0 Å². The first kappa shape index (κ1) is 22.6. The van der Waals surface area contributed by atoms with Gasteiger partial charge in [0.05, 0.1) is 19.7 Å². The summed E-state index contributed by atoms with van der Waals surface area (Å²) in [5.41, 5.74) is 0.763. The Hall–Kier alpha value is -0.409. The fourth-order valence-corrected chi connectivity index (χ4v) is 6.74. The third-order valence-corrected chi connectivity index (χ3v) is 8.01. The molecule has 0 aromatic heterocycles. The van der Waals surface area contributed by atoms with Gasteiger partial charge in [-0.05, 0) is 57.0 Å². The Bertz CT molecular complexity index is 584. The highest BCUT2D eigenvalue weighted by atomic mass is 35.5. The van der Waals surface area contributed by atoms with Gasteiger partial charge in [0.1, 0.15) is 0 Å². The van der Waals surface area contributed by atoms with Crippen LogP contribution in [0.3, 0.4) is 0 Å². The van der Waals surface area contributed by atoms with Crippen LogP contribution in [0.1, 0.15) is 11.7 Å². The molecule has 0 saturated heterocycles. The molecule has 0 amide bonds. The van der Waals surface area contributed by atoms with E-state index in [4.69, 9.17) is 20.5 Å². The molecule has 2 atom stereocenters. The average molecular weight is 417 g/mol. The van der Waals surface area contributed by atoms with E-state index in [9.17, 15) is 4.79 Å². The Labute approximate surface area is 161 Å². The summed E-state index contributed by atoms with van der Waals surface area (Å²) in [7, 11) is -5.74. The molecule has 1 rings (SSSR count). The molecule has 0 radical (unpaired) electrons. The summed E-state index contributed by atoms with van der Waals surface area (Å²) in [5, 5.41) is 0.685. The molecule has 0 saturated carbocycles. The molecular formula is C18H33ClO3Si3. The van der Waals surface area contributed by atoms with E-state index >= 15 is 0 Å². The van der Waals surface area contributed by atoms with Gasteiger partial charge in [0.25, 0.3) is 5.97 Å². The first-order valence-electron chi connectivity index (χ1n) is 8.76. The summed E-state index contributed by atoms with van der Waals surface area (Å²) in [5.74, 6) is -0.100. The van der Waals surface area contributed by atoms with Crippen LogP contribution in [0.2, 0.25) is 69.5 Å². The van der Waals surface area contributed by atoms with Gasteiger partial charge < -0.3 is 8.85 Å². The van der Waals surface area contributed by atoms with Crippen LogP contribution in [-0.2, 0) is 13.6 Å². The molecule has 0 N–H and O–H groups in total. The number of benzene rings is 1. The van der Waals surface area contributed by atoms with E-state index in [0.29, 0.717) is 5.02 Å². The summed E-state index contributed by atoms with van der Waals surface area (Å²) in [6.45, 7) is 19.2. The molecule has 0 aliphatic carbocycles. The number of hydrogen-bond acceptors (Lipinski definition) is 3. The highest BCUT2D eigenvalue weighted by Gasteiger charge is 2.44. The van der Waals surface area contributed by atoms with Gasteiger partial charge in [0.15, 0.2) is 8.32 Å². The fourth-order valence-electron chi connectivity index (χ4n) is 2.66. The van der Waals surface area contributed by atoms with Gasteiger partial charge in [-0.25, -0.2) is 0 Å². The molecule has 0 heterocycles. The minimum atomic E-state index is -1.97. The van der Waals surface area contributed by atoms with Crippen LogP contribution in [0, 0.1) is 0 Å². The average Bonchev–Trinajstić information content (AvgIpc) is 2.33. The van der Waals surface area contributed by atoms with Crippen LogP contribution in [0.25, 0.3) is 0 Å². The largest absolute Gasteiger partial charge is 0.520 e. The van der Waals surface area contributed by atoms with Gasteiger partial charge in [-0.1, -0.05) is 43.4 Å². The van der Waals surface area contributed by atoms with Crippen LogP contribution < -0.4 is 0 Å². The summed E-state index contributed by atoms with van der Waals surface area (Å²) >= 11 is 6.06. The van der Waals surface area contributed by atoms with Crippen LogP contribution in [0.4, 0.5) is 0 Å². The maximum absolute atomic E-state index is 13.1. The minimum absolute atomic E-state index is 0.100. The zero-order chi connectivity index (χ0) is 19.6. The smallest absolute Gasteiger partial charge is 0.295 e. The first-order valence-corrected chi connectivity index (χ1v) is 19.5. The molecule has 0 bridgehead atoms. The predicted octanol–water partition coefficient (Wildman–Crippen LogP) is 6.32. The van der Waals surface area contributed by atoms with E-state index in [1.54, 1.807) is 0 Å². The molecule has 0 unspecified atom stereocenters. The molecule has 3 nitrogen and oxygen atoms in total. The molecule has 25 heavy (non-hydrogen) atoms. The lowest BCUT2D eigenvalue weighted by Crippen LogP contribution is -2.45. The summed E-state index contributed by atoms with van der Waals surface area (Å²) in [6.07, 6.45) is -0.278. The summed E-state index contributed by atoms with van der Waals surface area (Å²) in [4.78, 5) is 13.1. The van der Waals surface area contributed by atoms with Gasteiger partial charge in [-0.3, -0.25) is 4.79 Å². The van der Waals surface area contributed by atoms with Gasteiger partial charge in [0.2, 0.25) is 8.32 Å². The highest BCUT2D eigenvalue weighted by Crippen LogP contribution is 2.41. The second kappa shape index (κ2) is 8.08. The monoisotopic (exact) mass is 416 g/mol. The molecule has 142 valence electrons. The highest BCUT2D eigenvalue weighted by molar-refractivity contribution is 6.81. The SMILES string of the molecule is C[Si](C)(C)OC(=O)[C@@H]([C@H](O[Si](C)(C)C)c1ccc(Cl)cc1)[Si](C)(C)C. The zero-order valence-electron chi connectivity index (χ0n) is 17.1. The fraction of sp³-hybridized carbons (Fsp3) is 0.611. The topological polar surface area (TPSA) is 35.5 Å². The maximum atomic E-state index is 13.1. The third kappa shape index (κ3) is 7.78.